The Hall–Kier alpha value is -2.64. The smallest absolute Gasteiger partial charge is 0.223 e. The van der Waals surface area contributed by atoms with Crippen molar-refractivity contribution in [1.29, 1.82) is 0 Å². The van der Waals surface area contributed by atoms with Gasteiger partial charge in [0.1, 0.15) is 0 Å². The molecule has 0 aliphatic heterocycles. The van der Waals surface area contributed by atoms with Crippen LogP contribution in [0.5, 0.6) is 0 Å². The molecule has 0 aromatic carbocycles. The lowest BCUT2D eigenvalue weighted by Gasteiger charge is -2.19. The molecule has 0 spiro atoms. The molecule has 8 nitrogen and oxygen atoms in total. The van der Waals surface area contributed by atoms with Crippen molar-refractivity contribution < 1.29 is 9.59 Å². The summed E-state index contributed by atoms with van der Waals surface area (Å²) in [5, 5.41) is 14.7. The topological polar surface area (TPSA) is 93.8 Å². The van der Waals surface area contributed by atoms with Crippen molar-refractivity contribution in [2.24, 2.45) is 25.9 Å². The van der Waals surface area contributed by atoms with E-state index in [2.05, 4.69) is 20.8 Å². The van der Waals surface area contributed by atoms with E-state index < -0.39 is 0 Å². The summed E-state index contributed by atoms with van der Waals surface area (Å²) in [6.07, 6.45) is 7.93. The van der Waals surface area contributed by atoms with E-state index in [-0.39, 0.29) is 23.7 Å². The SMILES string of the molecule is Cc1nn(C)cc1CCNC(=O)C1CCCC1C(=O)NCCc1cn(C)nc1C. The number of carbonyl (C=O) groups excluding carboxylic acids is 2. The molecule has 2 aromatic heterocycles. The van der Waals surface area contributed by atoms with Crippen molar-refractivity contribution in [1.82, 2.24) is 30.2 Å². The fourth-order valence-corrected chi connectivity index (χ4v) is 4.28. The molecule has 8 heteroatoms. The molecule has 1 aliphatic carbocycles. The second-order valence-electron chi connectivity index (χ2n) is 8.05. The summed E-state index contributed by atoms with van der Waals surface area (Å²) < 4.78 is 3.58. The zero-order valence-electron chi connectivity index (χ0n) is 17.9. The first kappa shape index (κ1) is 21.1. The summed E-state index contributed by atoms with van der Waals surface area (Å²) in [7, 11) is 3.79. The van der Waals surface area contributed by atoms with Crippen molar-refractivity contribution in [2.75, 3.05) is 13.1 Å². The van der Waals surface area contributed by atoms with Crippen molar-refractivity contribution in [2.45, 2.75) is 46.0 Å². The molecule has 2 N–H and O–H groups in total. The fraction of sp³-hybridized carbons (Fsp3) is 0.619. The van der Waals surface area contributed by atoms with Crippen molar-refractivity contribution in [3.8, 4) is 0 Å². The number of hydrogen-bond acceptors (Lipinski definition) is 4. The quantitative estimate of drug-likeness (QED) is 0.696. The summed E-state index contributed by atoms with van der Waals surface area (Å²) >= 11 is 0. The molecule has 2 amide bonds. The molecular formula is C21H32N6O2. The predicted molar refractivity (Wildman–Crippen MR) is 110 cm³/mol. The number of amides is 2. The highest BCUT2D eigenvalue weighted by Crippen LogP contribution is 2.32. The average molecular weight is 401 g/mol. The molecule has 2 atom stereocenters. The van der Waals surface area contributed by atoms with Gasteiger partial charge in [-0.15, -0.1) is 0 Å². The van der Waals surface area contributed by atoms with E-state index in [1.54, 1.807) is 9.36 Å². The maximum Gasteiger partial charge on any atom is 0.223 e. The Morgan fingerprint density at radius 3 is 1.66 bits per heavy atom. The van der Waals surface area contributed by atoms with Crippen LogP contribution in [0.3, 0.4) is 0 Å². The van der Waals surface area contributed by atoms with Gasteiger partial charge in [0.15, 0.2) is 0 Å². The van der Waals surface area contributed by atoms with Crippen molar-refractivity contribution in [3.63, 3.8) is 0 Å². The maximum atomic E-state index is 12.7. The minimum absolute atomic E-state index is 0.00713. The normalized spacial score (nSPS) is 18.8. The Labute approximate surface area is 172 Å². The van der Waals surface area contributed by atoms with Gasteiger partial charge in [-0.05, 0) is 50.7 Å². The summed E-state index contributed by atoms with van der Waals surface area (Å²) in [5.74, 6) is -0.477. The highest BCUT2D eigenvalue weighted by atomic mass is 16.2. The van der Waals surface area contributed by atoms with Crippen molar-refractivity contribution in [3.05, 3.63) is 34.9 Å². The van der Waals surface area contributed by atoms with Crippen LogP contribution in [0.4, 0.5) is 0 Å². The third kappa shape index (κ3) is 5.25. The molecule has 1 aliphatic rings. The first-order chi connectivity index (χ1) is 13.8. The Balaban J connectivity index is 1.45. The molecule has 2 aromatic rings. The Kier molecular flexibility index (Phi) is 6.71. The first-order valence-corrected chi connectivity index (χ1v) is 10.4. The molecule has 3 rings (SSSR count). The largest absolute Gasteiger partial charge is 0.356 e. The number of hydrogen-bond donors (Lipinski definition) is 2. The van der Waals surface area contributed by atoms with Crippen LogP contribution in [-0.2, 0) is 36.5 Å². The second-order valence-corrected chi connectivity index (χ2v) is 8.05. The lowest BCUT2D eigenvalue weighted by molar-refractivity contribution is -0.133. The molecule has 0 bridgehead atoms. The average Bonchev–Trinajstić information content (AvgIpc) is 3.34. The van der Waals surface area contributed by atoms with Gasteiger partial charge in [0.05, 0.1) is 11.4 Å². The van der Waals surface area contributed by atoms with Crippen LogP contribution in [0.1, 0.15) is 41.8 Å². The Morgan fingerprint density at radius 1 is 0.897 bits per heavy atom. The Morgan fingerprint density at radius 2 is 1.31 bits per heavy atom. The van der Waals surface area contributed by atoms with Crippen LogP contribution in [0.15, 0.2) is 12.4 Å². The first-order valence-electron chi connectivity index (χ1n) is 10.4. The summed E-state index contributed by atoms with van der Waals surface area (Å²) in [6, 6.07) is 0. The van der Waals surface area contributed by atoms with E-state index in [1.807, 2.05) is 40.3 Å². The monoisotopic (exact) mass is 400 g/mol. The number of aryl methyl sites for hydroxylation is 4. The zero-order chi connectivity index (χ0) is 21.0. The van der Waals surface area contributed by atoms with E-state index >= 15 is 0 Å². The minimum atomic E-state index is -0.231. The lowest BCUT2D eigenvalue weighted by atomic mass is 9.94. The molecular weight excluding hydrogens is 368 g/mol. The number of nitrogens with one attached hydrogen (secondary N) is 2. The molecule has 158 valence electrons. The molecule has 1 fully saturated rings. The van der Waals surface area contributed by atoms with E-state index in [4.69, 9.17) is 0 Å². The van der Waals surface area contributed by atoms with Gasteiger partial charge >= 0.3 is 0 Å². The molecule has 29 heavy (non-hydrogen) atoms. The fourth-order valence-electron chi connectivity index (χ4n) is 4.28. The van der Waals surface area contributed by atoms with E-state index in [9.17, 15) is 9.59 Å². The van der Waals surface area contributed by atoms with Crippen LogP contribution in [0.25, 0.3) is 0 Å². The van der Waals surface area contributed by atoms with Gasteiger partial charge in [0, 0.05) is 51.4 Å². The van der Waals surface area contributed by atoms with Crippen LogP contribution < -0.4 is 10.6 Å². The van der Waals surface area contributed by atoms with Gasteiger partial charge in [-0.2, -0.15) is 10.2 Å². The van der Waals surface area contributed by atoms with Crippen molar-refractivity contribution >= 4 is 11.8 Å². The molecule has 1 saturated carbocycles. The summed E-state index contributed by atoms with van der Waals surface area (Å²) in [5.41, 5.74) is 4.26. The van der Waals surface area contributed by atoms with E-state index in [0.29, 0.717) is 13.1 Å². The van der Waals surface area contributed by atoms with Gasteiger partial charge in [-0.25, -0.2) is 0 Å². The predicted octanol–water partition coefficient (Wildman–Crippen LogP) is 1.20. The number of rotatable bonds is 8. The summed E-state index contributed by atoms with van der Waals surface area (Å²) in [4.78, 5) is 25.3. The molecule has 2 unspecified atom stereocenters. The number of aromatic nitrogens is 4. The van der Waals surface area contributed by atoms with Gasteiger partial charge in [-0.1, -0.05) is 6.42 Å². The number of nitrogens with zero attached hydrogens (tertiary/aromatic N) is 4. The van der Waals surface area contributed by atoms with Gasteiger partial charge in [0.25, 0.3) is 0 Å². The Bertz CT molecular complexity index is 798. The molecule has 2 heterocycles. The standard InChI is InChI=1S/C21H32N6O2/c1-14-16(12-26(3)24-14)8-10-22-20(28)18-6-5-7-19(18)21(29)23-11-9-17-13-27(4)25-15(17)2/h12-13,18-19H,5-11H2,1-4H3,(H,22,28)(H,23,29). The summed E-state index contributed by atoms with van der Waals surface area (Å²) in [6.45, 7) is 5.08. The highest BCUT2D eigenvalue weighted by Gasteiger charge is 2.37. The van der Waals surface area contributed by atoms with Gasteiger partial charge in [-0.3, -0.25) is 19.0 Å². The third-order valence-corrected chi connectivity index (χ3v) is 5.81. The lowest BCUT2D eigenvalue weighted by Crippen LogP contribution is -2.40. The van der Waals surface area contributed by atoms with Crippen LogP contribution >= 0.6 is 0 Å². The van der Waals surface area contributed by atoms with Gasteiger partial charge < -0.3 is 10.6 Å². The van der Waals surface area contributed by atoms with Crippen LogP contribution in [-0.4, -0.2) is 44.5 Å². The molecule has 0 saturated heterocycles. The number of carbonyl (C=O) groups is 2. The zero-order valence-corrected chi connectivity index (χ0v) is 17.9. The molecule has 0 radical (unpaired) electrons. The minimum Gasteiger partial charge on any atom is -0.356 e. The van der Waals surface area contributed by atoms with Crippen LogP contribution in [0.2, 0.25) is 0 Å². The second kappa shape index (κ2) is 9.24. The van der Waals surface area contributed by atoms with E-state index in [0.717, 1.165) is 54.6 Å². The van der Waals surface area contributed by atoms with E-state index in [1.165, 1.54) is 0 Å². The van der Waals surface area contributed by atoms with Crippen LogP contribution in [0, 0.1) is 25.7 Å². The highest BCUT2D eigenvalue weighted by molar-refractivity contribution is 5.88. The third-order valence-electron chi connectivity index (χ3n) is 5.81. The van der Waals surface area contributed by atoms with Gasteiger partial charge in [0.2, 0.25) is 11.8 Å². The maximum absolute atomic E-state index is 12.7.